The minimum Gasteiger partial charge on any atom is -0.497 e. The van der Waals surface area contributed by atoms with Gasteiger partial charge in [-0.3, -0.25) is 14.0 Å². The maximum atomic E-state index is 13.1. The third-order valence-corrected chi connectivity index (χ3v) is 5.82. The zero-order valence-corrected chi connectivity index (χ0v) is 17.2. The summed E-state index contributed by atoms with van der Waals surface area (Å²) in [5, 5.41) is 5.12. The van der Waals surface area contributed by atoms with Crippen LogP contribution in [0.15, 0.2) is 58.8 Å². The van der Waals surface area contributed by atoms with E-state index < -0.39 is 11.5 Å². The third-order valence-electron chi connectivity index (χ3n) is 4.57. The molecule has 2 aromatic heterocycles. The van der Waals surface area contributed by atoms with E-state index in [1.54, 1.807) is 32.2 Å². The zero-order valence-electron chi connectivity index (χ0n) is 15.6. The van der Waals surface area contributed by atoms with Crippen molar-refractivity contribution in [3.05, 3.63) is 80.5 Å². The second-order valence-corrected chi connectivity index (χ2v) is 7.56. The largest absolute Gasteiger partial charge is 0.497 e. The number of halogens is 1. The number of nitrogens with zero attached hydrogens (tertiary/aromatic N) is 2. The van der Waals surface area contributed by atoms with Crippen molar-refractivity contribution in [3.63, 3.8) is 0 Å². The van der Waals surface area contributed by atoms with Crippen LogP contribution in [0, 0.1) is 6.92 Å². The zero-order chi connectivity index (χ0) is 20.5. The Morgan fingerprint density at radius 1 is 1.24 bits per heavy atom. The number of hydrogen-bond donors (Lipinski definition) is 1. The molecule has 0 spiro atoms. The minimum absolute atomic E-state index is 0.0515. The van der Waals surface area contributed by atoms with Crippen LogP contribution in [-0.4, -0.2) is 22.4 Å². The van der Waals surface area contributed by atoms with Gasteiger partial charge in [0.05, 0.1) is 12.8 Å². The van der Waals surface area contributed by atoms with Crippen molar-refractivity contribution in [1.29, 1.82) is 0 Å². The minimum atomic E-state index is -0.537. The van der Waals surface area contributed by atoms with Crippen LogP contribution in [0.3, 0.4) is 0 Å². The van der Waals surface area contributed by atoms with Crippen LogP contribution in [0.25, 0.3) is 16.2 Å². The van der Waals surface area contributed by atoms with Gasteiger partial charge in [0.15, 0.2) is 4.96 Å². The van der Waals surface area contributed by atoms with Crippen molar-refractivity contribution in [2.24, 2.45) is 0 Å². The number of thiazole rings is 1. The second-order valence-electron chi connectivity index (χ2n) is 6.31. The van der Waals surface area contributed by atoms with Crippen LogP contribution in [0.2, 0.25) is 5.02 Å². The third kappa shape index (κ3) is 3.50. The van der Waals surface area contributed by atoms with E-state index >= 15 is 0 Å². The lowest BCUT2D eigenvalue weighted by Gasteiger charge is -2.09. The molecule has 4 aromatic rings. The van der Waals surface area contributed by atoms with Gasteiger partial charge in [-0.1, -0.05) is 29.8 Å². The molecule has 29 heavy (non-hydrogen) atoms. The Hall–Kier alpha value is -3.16. The first-order chi connectivity index (χ1) is 14.0. The number of amides is 1. The molecule has 0 unspecified atom stereocenters. The molecule has 2 heterocycles. The normalized spacial score (nSPS) is 10.9. The maximum absolute atomic E-state index is 13.1. The number of carbonyl (C=O) groups is 1. The molecule has 146 valence electrons. The van der Waals surface area contributed by atoms with Gasteiger partial charge >= 0.3 is 0 Å². The molecule has 2 aromatic carbocycles. The molecule has 8 heteroatoms. The van der Waals surface area contributed by atoms with Crippen molar-refractivity contribution in [2.75, 3.05) is 12.4 Å². The highest BCUT2D eigenvalue weighted by molar-refractivity contribution is 7.15. The first-order valence-corrected chi connectivity index (χ1v) is 9.95. The van der Waals surface area contributed by atoms with Gasteiger partial charge in [-0.2, -0.15) is 0 Å². The number of methoxy groups -OCH3 is 1. The van der Waals surface area contributed by atoms with Crippen LogP contribution in [0.4, 0.5) is 5.69 Å². The quantitative estimate of drug-likeness (QED) is 0.516. The number of fused-ring (bicyclic) bond motifs is 1. The summed E-state index contributed by atoms with van der Waals surface area (Å²) < 4.78 is 6.71. The predicted octanol–water partition coefficient (Wildman–Crippen LogP) is 4.65. The van der Waals surface area contributed by atoms with Gasteiger partial charge in [0, 0.05) is 27.9 Å². The molecule has 0 saturated heterocycles. The number of aromatic nitrogens is 2. The number of ether oxygens (including phenoxy) is 1. The molecule has 0 aliphatic carbocycles. The van der Waals surface area contributed by atoms with Crippen LogP contribution >= 0.6 is 22.9 Å². The first-order valence-electron chi connectivity index (χ1n) is 8.69. The topological polar surface area (TPSA) is 72.7 Å². The van der Waals surface area contributed by atoms with Gasteiger partial charge in [0.2, 0.25) is 0 Å². The first kappa shape index (κ1) is 19.2. The smallest absolute Gasteiger partial charge is 0.271 e. The monoisotopic (exact) mass is 425 g/mol. The van der Waals surface area contributed by atoms with Gasteiger partial charge in [-0.05, 0) is 36.8 Å². The molecule has 0 saturated carbocycles. The molecule has 0 bridgehead atoms. The van der Waals surface area contributed by atoms with Crippen LogP contribution in [0.1, 0.15) is 15.9 Å². The van der Waals surface area contributed by atoms with Crippen molar-refractivity contribution in [3.8, 4) is 17.0 Å². The Labute approximate surface area is 175 Å². The average molecular weight is 426 g/mol. The molecular weight excluding hydrogens is 410 g/mol. The number of nitrogens with one attached hydrogen (secondary N) is 1. The molecule has 1 amide bonds. The lowest BCUT2D eigenvalue weighted by Crippen LogP contribution is -2.26. The molecule has 0 radical (unpaired) electrons. The standard InChI is InChI=1S/C21H16ClN3O3S/c1-12-16(22)7-4-8-17(12)24-19(26)15-10-23-21-25(20(15)27)18(11-29-21)13-5-3-6-14(9-13)28-2/h3-11H,1-2H3,(H,24,26). The number of benzene rings is 2. The van der Waals surface area contributed by atoms with E-state index in [4.69, 9.17) is 16.3 Å². The van der Waals surface area contributed by atoms with E-state index in [0.717, 1.165) is 11.1 Å². The summed E-state index contributed by atoms with van der Waals surface area (Å²) in [5.74, 6) is 0.137. The van der Waals surface area contributed by atoms with Gasteiger partial charge < -0.3 is 10.1 Å². The van der Waals surface area contributed by atoms with E-state index in [0.29, 0.717) is 27.1 Å². The number of anilines is 1. The lowest BCUT2D eigenvalue weighted by molar-refractivity contribution is 0.102. The molecule has 0 aliphatic heterocycles. The van der Waals surface area contributed by atoms with E-state index in [-0.39, 0.29) is 5.56 Å². The number of carbonyl (C=O) groups excluding carboxylic acids is 1. The lowest BCUT2D eigenvalue weighted by atomic mass is 10.1. The van der Waals surface area contributed by atoms with Crippen LogP contribution in [-0.2, 0) is 0 Å². The summed E-state index contributed by atoms with van der Waals surface area (Å²) in [6, 6.07) is 12.6. The number of rotatable bonds is 4. The Balaban J connectivity index is 1.78. The molecule has 0 aliphatic rings. The maximum Gasteiger partial charge on any atom is 0.271 e. The molecule has 0 fully saturated rings. The summed E-state index contributed by atoms with van der Waals surface area (Å²) in [6.45, 7) is 1.80. The Morgan fingerprint density at radius 3 is 2.83 bits per heavy atom. The summed E-state index contributed by atoms with van der Waals surface area (Å²) in [5.41, 5.74) is 2.22. The molecule has 1 N–H and O–H groups in total. The van der Waals surface area contributed by atoms with E-state index in [9.17, 15) is 9.59 Å². The van der Waals surface area contributed by atoms with Crippen molar-refractivity contribution in [2.45, 2.75) is 6.92 Å². The van der Waals surface area contributed by atoms with E-state index in [1.165, 1.54) is 21.9 Å². The van der Waals surface area contributed by atoms with Crippen LogP contribution < -0.4 is 15.6 Å². The average Bonchev–Trinajstić information content (AvgIpc) is 3.17. The predicted molar refractivity (Wildman–Crippen MR) is 115 cm³/mol. The van der Waals surface area contributed by atoms with E-state index in [2.05, 4.69) is 10.3 Å². The molecule has 6 nitrogen and oxygen atoms in total. The van der Waals surface area contributed by atoms with Crippen molar-refractivity contribution < 1.29 is 9.53 Å². The van der Waals surface area contributed by atoms with E-state index in [1.807, 2.05) is 29.6 Å². The summed E-state index contributed by atoms with van der Waals surface area (Å²) in [4.78, 5) is 30.7. The van der Waals surface area contributed by atoms with Gasteiger partial charge in [-0.15, -0.1) is 11.3 Å². The Morgan fingerprint density at radius 2 is 2.03 bits per heavy atom. The molecule has 0 atom stereocenters. The highest BCUT2D eigenvalue weighted by Gasteiger charge is 2.18. The highest BCUT2D eigenvalue weighted by Crippen LogP contribution is 2.27. The number of hydrogen-bond acceptors (Lipinski definition) is 5. The summed E-state index contributed by atoms with van der Waals surface area (Å²) in [7, 11) is 1.58. The fraction of sp³-hybridized carbons (Fsp3) is 0.0952. The summed E-state index contributed by atoms with van der Waals surface area (Å²) in [6.07, 6.45) is 1.30. The SMILES string of the molecule is COc1cccc(-c2csc3ncc(C(=O)Nc4cccc(Cl)c4C)c(=O)n23)c1. The Kier molecular flexibility index (Phi) is 5.08. The van der Waals surface area contributed by atoms with Crippen LogP contribution in [0.5, 0.6) is 5.75 Å². The second kappa shape index (κ2) is 7.69. The fourth-order valence-corrected chi connectivity index (χ4v) is 4.00. The van der Waals surface area contributed by atoms with Crippen molar-refractivity contribution in [1.82, 2.24) is 9.38 Å². The summed E-state index contributed by atoms with van der Waals surface area (Å²) >= 11 is 7.44. The molecule has 4 rings (SSSR count). The molecular formula is C21H16ClN3O3S. The van der Waals surface area contributed by atoms with Gasteiger partial charge in [0.1, 0.15) is 11.3 Å². The Bertz CT molecular complexity index is 1300. The fourth-order valence-electron chi connectivity index (χ4n) is 2.96. The van der Waals surface area contributed by atoms with Gasteiger partial charge in [0.25, 0.3) is 11.5 Å². The van der Waals surface area contributed by atoms with Crippen molar-refractivity contribution >= 4 is 39.5 Å². The highest BCUT2D eigenvalue weighted by atomic mass is 35.5. The van der Waals surface area contributed by atoms with Gasteiger partial charge in [-0.25, -0.2) is 4.98 Å².